The van der Waals surface area contributed by atoms with Crippen LogP contribution in [0.5, 0.6) is 0 Å². The lowest BCUT2D eigenvalue weighted by atomic mass is 10.0. The summed E-state index contributed by atoms with van der Waals surface area (Å²) in [5.74, 6) is -0.787. The zero-order chi connectivity index (χ0) is 24.6. The summed E-state index contributed by atoms with van der Waals surface area (Å²) in [6, 6.07) is 19.2. The largest absolute Gasteiger partial charge is 0.334 e. The highest BCUT2D eigenvalue weighted by Gasteiger charge is 2.23. The topological polar surface area (TPSA) is 59.0 Å². The Morgan fingerprint density at radius 3 is 2.06 bits per heavy atom. The fraction of sp³-hybridized carbons (Fsp3) is 0.103. The van der Waals surface area contributed by atoms with Crippen LogP contribution < -0.4 is 0 Å². The average Bonchev–Trinajstić information content (AvgIpc) is 2.92. The molecule has 0 saturated carbocycles. The standard InChI is InChI=1S/C29H20F2N4O/c30-23-6-1-18(2-7-23)27-28(19-3-8-24(31)9-4-19)34-26-15-20(5-10-25(26)33-27)29(36)35-14-12-21-16-32-13-11-22(21)17-35/h1-11,13,15-16H,12,14,17H2. The maximum atomic E-state index is 13.6. The van der Waals surface area contributed by atoms with Crippen LogP contribution in [0.4, 0.5) is 8.78 Å². The highest BCUT2D eigenvalue weighted by molar-refractivity contribution is 5.98. The molecule has 7 heteroatoms. The van der Waals surface area contributed by atoms with Crippen LogP contribution in [0.1, 0.15) is 21.5 Å². The summed E-state index contributed by atoms with van der Waals surface area (Å²) >= 11 is 0. The second-order valence-electron chi connectivity index (χ2n) is 8.76. The zero-order valence-electron chi connectivity index (χ0n) is 19.2. The van der Waals surface area contributed by atoms with Crippen LogP contribution >= 0.6 is 0 Å². The van der Waals surface area contributed by atoms with Gasteiger partial charge in [-0.2, -0.15) is 0 Å². The monoisotopic (exact) mass is 478 g/mol. The highest BCUT2D eigenvalue weighted by Crippen LogP contribution is 2.32. The van der Waals surface area contributed by atoms with Crippen molar-refractivity contribution in [2.75, 3.05) is 6.54 Å². The minimum Gasteiger partial charge on any atom is -0.334 e. The van der Waals surface area contributed by atoms with Crippen LogP contribution in [-0.2, 0) is 13.0 Å². The van der Waals surface area contributed by atoms with E-state index in [1.807, 2.05) is 17.2 Å². The third-order valence-electron chi connectivity index (χ3n) is 6.45. The third kappa shape index (κ3) is 4.09. The number of aromatic nitrogens is 3. The molecule has 3 heterocycles. The molecule has 1 aliphatic rings. The molecular weight excluding hydrogens is 458 g/mol. The number of rotatable bonds is 3. The molecule has 1 aliphatic heterocycles. The number of halogens is 2. The first kappa shape index (κ1) is 22.0. The number of benzene rings is 3. The van der Waals surface area contributed by atoms with Gasteiger partial charge in [-0.05, 0) is 90.3 Å². The molecule has 0 aliphatic carbocycles. The van der Waals surface area contributed by atoms with Gasteiger partial charge in [0.1, 0.15) is 11.6 Å². The lowest BCUT2D eigenvalue weighted by Gasteiger charge is -2.28. The summed E-state index contributed by atoms with van der Waals surface area (Å²) in [6.45, 7) is 1.15. The molecule has 5 aromatic rings. The van der Waals surface area contributed by atoms with Gasteiger partial charge in [0.05, 0.1) is 22.4 Å². The Kier molecular flexibility index (Phi) is 5.45. The number of carbonyl (C=O) groups excluding carboxylic acids is 1. The van der Waals surface area contributed by atoms with Gasteiger partial charge in [-0.3, -0.25) is 9.78 Å². The van der Waals surface area contributed by atoms with E-state index in [0.717, 1.165) is 12.0 Å². The van der Waals surface area contributed by atoms with Crippen LogP contribution in [0.15, 0.2) is 85.2 Å². The second kappa shape index (κ2) is 8.92. The summed E-state index contributed by atoms with van der Waals surface area (Å²) in [5.41, 5.74) is 6.38. The second-order valence-corrected chi connectivity index (χ2v) is 8.76. The molecular formula is C29H20F2N4O. The lowest BCUT2D eigenvalue weighted by molar-refractivity contribution is 0.0734. The predicted molar refractivity (Wildman–Crippen MR) is 133 cm³/mol. The summed E-state index contributed by atoms with van der Waals surface area (Å²) < 4.78 is 27.2. The smallest absolute Gasteiger partial charge is 0.254 e. The van der Waals surface area contributed by atoms with E-state index in [-0.39, 0.29) is 17.5 Å². The molecule has 5 nitrogen and oxygen atoms in total. The number of nitrogens with zero attached hydrogens (tertiary/aromatic N) is 4. The molecule has 2 aromatic heterocycles. The maximum absolute atomic E-state index is 13.6. The van der Waals surface area contributed by atoms with Crippen LogP contribution in [0, 0.1) is 11.6 Å². The van der Waals surface area contributed by atoms with Crippen LogP contribution in [0.3, 0.4) is 0 Å². The van der Waals surface area contributed by atoms with Crippen molar-refractivity contribution in [2.24, 2.45) is 0 Å². The molecule has 1 amide bonds. The van der Waals surface area contributed by atoms with Gasteiger partial charge in [0.2, 0.25) is 0 Å². The molecule has 0 saturated heterocycles. The van der Waals surface area contributed by atoms with Gasteiger partial charge in [0.15, 0.2) is 0 Å². The first-order chi connectivity index (χ1) is 17.5. The molecule has 6 rings (SSSR count). The van der Waals surface area contributed by atoms with Crippen molar-refractivity contribution in [3.63, 3.8) is 0 Å². The van der Waals surface area contributed by atoms with E-state index < -0.39 is 0 Å². The Hall–Kier alpha value is -4.52. The summed E-state index contributed by atoms with van der Waals surface area (Å²) in [6.07, 6.45) is 4.37. The Morgan fingerprint density at radius 1 is 0.750 bits per heavy atom. The molecule has 0 N–H and O–H groups in total. The van der Waals surface area contributed by atoms with Crippen molar-refractivity contribution >= 4 is 16.9 Å². The minimum atomic E-state index is -0.359. The van der Waals surface area contributed by atoms with E-state index in [4.69, 9.17) is 9.97 Å². The molecule has 0 fully saturated rings. The first-order valence-corrected chi connectivity index (χ1v) is 11.6. The van der Waals surface area contributed by atoms with E-state index in [2.05, 4.69) is 4.98 Å². The highest BCUT2D eigenvalue weighted by atomic mass is 19.1. The summed E-state index contributed by atoms with van der Waals surface area (Å²) in [5, 5.41) is 0. The number of hydrogen-bond donors (Lipinski definition) is 0. The van der Waals surface area contributed by atoms with Crippen LogP contribution in [-0.4, -0.2) is 32.3 Å². The zero-order valence-corrected chi connectivity index (χ0v) is 19.2. The SMILES string of the molecule is O=C(c1ccc2nc(-c3ccc(F)cc3)c(-c3ccc(F)cc3)nc2c1)N1CCc2cnccc2C1. The van der Waals surface area contributed by atoms with Gasteiger partial charge in [-0.15, -0.1) is 0 Å². The van der Waals surface area contributed by atoms with Crippen molar-refractivity contribution in [3.05, 3.63) is 114 Å². The molecule has 0 radical (unpaired) electrons. The van der Waals surface area contributed by atoms with Crippen LogP contribution in [0.25, 0.3) is 33.5 Å². The van der Waals surface area contributed by atoms with E-state index in [1.165, 1.54) is 29.8 Å². The van der Waals surface area contributed by atoms with Crippen molar-refractivity contribution < 1.29 is 13.6 Å². The lowest BCUT2D eigenvalue weighted by Crippen LogP contribution is -2.36. The molecule has 0 spiro atoms. The van der Waals surface area contributed by atoms with Gasteiger partial charge < -0.3 is 4.90 Å². The fourth-order valence-corrected chi connectivity index (χ4v) is 4.54. The number of hydrogen-bond acceptors (Lipinski definition) is 4. The van der Waals surface area contributed by atoms with Crippen molar-refractivity contribution in [3.8, 4) is 22.5 Å². The molecule has 0 bridgehead atoms. The predicted octanol–water partition coefficient (Wildman–Crippen LogP) is 5.84. The number of fused-ring (bicyclic) bond motifs is 2. The average molecular weight is 479 g/mol. The van der Waals surface area contributed by atoms with Crippen molar-refractivity contribution in [1.29, 1.82) is 0 Å². The Bertz CT molecular complexity index is 1600. The van der Waals surface area contributed by atoms with E-state index in [9.17, 15) is 13.6 Å². The van der Waals surface area contributed by atoms with Crippen molar-refractivity contribution in [2.45, 2.75) is 13.0 Å². The Morgan fingerprint density at radius 2 is 1.39 bits per heavy atom. The number of pyridine rings is 1. The molecule has 3 aromatic carbocycles. The van der Waals surface area contributed by atoms with E-state index in [1.54, 1.807) is 48.7 Å². The normalized spacial score (nSPS) is 13.0. The summed E-state index contributed by atoms with van der Waals surface area (Å²) in [7, 11) is 0. The molecule has 176 valence electrons. The minimum absolute atomic E-state index is 0.0768. The van der Waals surface area contributed by atoms with Gasteiger partial charge in [-0.25, -0.2) is 18.7 Å². The van der Waals surface area contributed by atoms with Crippen LogP contribution in [0.2, 0.25) is 0 Å². The fourth-order valence-electron chi connectivity index (χ4n) is 4.54. The van der Waals surface area contributed by atoms with E-state index >= 15 is 0 Å². The van der Waals surface area contributed by atoms with Gasteiger partial charge >= 0.3 is 0 Å². The van der Waals surface area contributed by atoms with Gasteiger partial charge in [0, 0.05) is 42.2 Å². The third-order valence-corrected chi connectivity index (χ3v) is 6.45. The Labute approximate surface area is 206 Å². The van der Waals surface area contributed by atoms with Gasteiger partial charge in [0.25, 0.3) is 5.91 Å². The first-order valence-electron chi connectivity index (χ1n) is 11.6. The molecule has 0 atom stereocenters. The molecule has 0 unspecified atom stereocenters. The quantitative estimate of drug-likeness (QED) is 0.327. The molecule has 36 heavy (non-hydrogen) atoms. The number of carbonyl (C=O) groups is 1. The van der Waals surface area contributed by atoms with E-state index in [0.29, 0.717) is 52.2 Å². The van der Waals surface area contributed by atoms with Gasteiger partial charge in [-0.1, -0.05) is 0 Å². The number of amides is 1. The van der Waals surface area contributed by atoms with Crippen molar-refractivity contribution in [1.82, 2.24) is 19.9 Å². The summed E-state index contributed by atoms with van der Waals surface area (Å²) in [4.78, 5) is 29.0. The maximum Gasteiger partial charge on any atom is 0.254 e. The Balaban J connectivity index is 1.42.